The quantitative estimate of drug-likeness (QED) is 0.779. The predicted octanol–water partition coefficient (Wildman–Crippen LogP) is 3.41. The van der Waals surface area contributed by atoms with Crippen molar-refractivity contribution in [2.75, 3.05) is 0 Å². The van der Waals surface area contributed by atoms with Gasteiger partial charge >= 0.3 is 12.1 Å². The van der Waals surface area contributed by atoms with Crippen molar-refractivity contribution in [1.29, 1.82) is 0 Å². The van der Waals surface area contributed by atoms with Crippen LogP contribution in [0.1, 0.15) is 56.8 Å². The Labute approximate surface area is 141 Å². The van der Waals surface area contributed by atoms with Crippen LogP contribution in [0.4, 0.5) is 4.79 Å². The van der Waals surface area contributed by atoms with Crippen molar-refractivity contribution in [1.82, 2.24) is 10.3 Å². The number of aliphatic carboxylic acids is 1. The van der Waals surface area contributed by atoms with Gasteiger partial charge in [-0.05, 0) is 57.2 Å². The van der Waals surface area contributed by atoms with E-state index < -0.39 is 17.7 Å². The molecule has 1 aromatic heterocycles. The normalized spacial score (nSPS) is 20.8. The van der Waals surface area contributed by atoms with Crippen LogP contribution in [-0.4, -0.2) is 27.8 Å². The van der Waals surface area contributed by atoms with E-state index in [1.807, 2.05) is 12.1 Å². The molecule has 0 saturated heterocycles. The van der Waals surface area contributed by atoms with E-state index in [0.717, 1.165) is 5.56 Å². The van der Waals surface area contributed by atoms with Gasteiger partial charge in [-0.15, -0.1) is 6.58 Å². The second-order valence-corrected chi connectivity index (χ2v) is 7.02. The Morgan fingerprint density at radius 3 is 2.79 bits per heavy atom. The van der Waals surface area contributed by atoms with E-state index >= 15 is 0 Å². The first kappa shape index (κ1) is 18.0. The Bertz CT molecular complexity index is 636. The highest BCUT2D eigenvalue weighted by atomic mass is 16.6. The lowest BCUT2D eigenvalue weighted by molar-refractivity contribution is -0.138. The van der Waals surface area contributed by atoms with Crippen LogP contribution in [0.25, 0.3) is 0 Å². The number of hydrogen-bond acceptors (Lipinski definition) is 4. The maximum absolute atomic E-state index is 12.0. The standard InChI is InChI=1S/C18H24N2O4/c1-5-6-14(20-17(23)24-18(2,3)4)15-9-11(7-8-19-15)12-10-13(12)16(21)22/h5,7-9,12-14H,1,6,10H2,2-4H3,(H,20,23)(H,21,22)/t12-,13-,14+/m1/s1. The third-order valence-corrected chi connectivity index (χ3v) is 3.79. The second kappa shape index (κ2) is 7.03. The number of rotatable bonds is 6. The number of ether oxygens (including phenoxy) is 1. The van der Waals surface area contributed by atoms with Gasteiger partial charge < -0.3 is 15.2 Å². The summed E-state index contributed by atoms with van der Waals surface area (Å²) in [6.45, 7) is 9.11. The van der Waals surface area contributed by atoms with Gasteiger partial charge in [0.2, 0.25) is 0 Å². The minimum Gasteiger partial charge on any atom is -0.481 e. The highest BCUT2D eigenvalue weighted by molar-refractivity contribution is 5.75. The Hall–Kier alpha value is -2.37. The Balaban J connectivity index is 2.12. The molecular weight excluding hydrogens is 308 g/mol. The molecule has 24 heavy (non-hydrogen) atoms. The second-order valence-electron chi connectivity index (χ2n) is 7.02. The summed E-state index contributed by atoms with van der Waals surface area (Å²) in [5.74, 6) is -1.07. The fourth-order valence-corrected chi connectivity index (χ4v) is 2.59. The lowest BCUT2D eigenvalue weighted by Crippen LogP contribution is -2.35. The van der Waals surface area contributed by atoms with E-state index in [0.29, 0.717) is 18.5 Å². The fourth-order valence-electron chi connectivity index (χ4n) is 2.59. The monoisotopic (exact) mass is 332 g/mol. The maximum Gasteiger partial charge on any atom is 0.408 e. The minimum absolute atomic E-state index is 0.0233. The number of carboxylic acids is 1. The summed E-state index contributed by atoms with van der Waals surface area (Å²) in [5.41, 5.74) is 1.03. The molecule has 3 atom stereocenters. The molecule has 130 valence electrons. The molecular formula is C18H24N2O4. The highest BCUT2D eigenvalue weighted by Crippen LogP contribution is 2.47. The third kappa shape index (κ3) is 4.81. The molecule has 0 aromatic carbocycles. The fraction of sp³-hybridized carbons (Fsp3) is 0.500. The summed E-state index contributed by atoms with van der Waals surface area (Å²) >= 11 is 0. The lowest BCUT2D eigenvalue weighted by Gasteiger charge is -2.23. The number of alkyl carbamates (subject to hydrolysis) is 1. The molecule has 1 amide bonds. The van der Waals surface area contributed by atoms with Gasteiger partial charge in [-0.3, -0.25) is 9.78 Å². The van der Waals surface area contributed by atoms with Gasteiger partial charge in [0.05, 0.1) is 17.7 Å². The molecule has 6 nitrogen and oxygen atoms in total. The van der Waals surface area contributed by atoms with Crippen LogP contribution in [-0.2, 0) is 9.53 Å². The molecule has 2 rings (SSSR count). The Morgan fingerprint density at radius 2 is 2.25 bits per heavy atom. The van der Waals surface area contributed by atoms with Crippen molar-refractivity contribution in [2.45, 2.75) is 51.2 Å². The molecule has 1 saturated carbocycles. The van der Waals surface area contributed by atoms with Crippen molar-refractivity contribution < 1.29 is 19.4 Å². The van der Waals surface area contributed by atoms with Crippen LogP contribution in [0.3, 0.4) is 0 Å². The average Bonchev–Trinajstić information content (AvgIpc) is 3.25. The summed E-state index contributed by atoms with van der Waals surface area (Å²) in [6, 6.07) is 3.33. The smallest absolute Gasteiger partial charge is 0.408 e. The van der Waals surface area contributed by atoms with Crippen molar-refractivity contribution in [3.05, 3.63) is 42.2 Å². The zero-order valence-corrected chi connectivity index (χ0v) is 14.3. The summed E-state index contributed by atoms with van der Waals surface area (Å²) < 4.78 is 5.28. The first-order valence-electron chi connectivity index (χ1n) is 8.00. The average molecular weight is 332 g/mol. The molecule has 1 aliphatic carbocycles. The van der Waals surface area contributed by atoms with Crippen LogP contribution < -0.4 is 5.32 Å². The van der Waals surface area contributed by atoms with Gasteiger partial charge in [-0.25, -0.2) is 4.79 Å². The van der Waals surface area contributed by atoms with Gasteiger partial charge in [-0.1, -0.05) is 6.08 Å². The number of carboxylic acid groups (broad SMARTS) is 1. The first-order valence-corrected chi connectivity index (χ1v) is 8.00. The van der Waals surface area contributed by atoms with Crippen LogP contribution in [0.15, 0.2) is 31.0 Å². The van der Waals surface area contributed by atoms with E-state index in [1.54, 1.807) is 33.0 Å². The highest BCUT2D eigenvalue weighted by Gasteiger charge is 2.44. The molecule has 1 heterocycles. The number of carbonyl (C=O) groups excluding carboxylic acids is 1. The van der Waals surface area contributed by atoms with Gasteiger partial charge in [0.1, 0.15) is 5.60 Å². The minimum atomic E-state index is -0.770. The van der Waals surface area contributed by atoms with Gasteiger partial charge in [0.25, 0.3) is 0 Å². The van der Waals surface area contributed by atoms with E-state index in [2.05, 4.69) is 16.9 Å². The lowest BCUT2D eigenvalue weighted by atomic mass is 10.0. The Kier molecular flexibility index (Phi) is 5.26. The van der Waals surface area contributed by atoms with Crippen LogP contribution in [0, 0.1) is 5.92 Å². The molecule has 1 aliphatic rings. The van der Waals surface area contributed by atoms with Gasteiger partial charge in [0, 0.05) is 6.20 Å². The summed E-state index contributed by atoms with van der Waals surface area (Å²) in [6.07, 6.45) is 3.98. The number of nitrogens with zero attached hydrogens (tertiary/aromatic N) is 1. The number of amides is 1. The molecule has 1 aromatic rings. The SMILES string of the molecule is C=CC[C@H](NC(=O)OC(C)(C)C)c1cc([C@H]2C[C@H]2C(=O)O)ccn1. The van der Waals surface area contributed by atoms with Crippen LogP contribution in [0.5, 0.6) is 0 Å². The summed E-state index contributed by atoms with van der Waals surface area (Å²) in [7, 11) is 0. The molecule has 0 unspecified atom stereocenters. The van der Waals surface area contributed by atoms with Crippen LogP contribution >= 0.6 is 0 Å². The number of pyridine rings is 1. The molecule has 0 spiro atoms. The van der Waals surface area contributed by atoms with Gasteiger partial charge in [-0.2, -0.15) is 0 Å². The zero-order chi connectivity index (χ0) is 17.9. The molecule has 2 N–H and O–H groups in total. The van der Waals surface area contributed by atoms with Gasteiger partial charge in [0.15, 0.2) is 0 Å². The number of hydrogen-bond donors (Lipinski definition) is 2. The number of carbonyl (C=O) groups is 2. The molecule has 1 fully saturated rings. The summed E-state index contributed by atoms with van der Waals surface area (Å²) in [5, 5.41) is 11.9. The van der Waals surface area contributed by atoms with E-state index in [1.165, 1.54) is 0 Å². The van der Waals surface area contributed by atoms with Crippen molar-refractivity contribution >= 4 is 12.1 Å². The van der Waals surface area contributed by atoms with E-state index in [9.17, 15) is 9.59 Å². The predicted molar refractivity (Wildman–Crippen MR) is 89.6 cm³/mol. The van der Waals surface area contributed by atoms with Crippen molar-refractivity contribution in [2.24, 2.45) is 5.92 Å². The first-order chi connectivity index (χ1) is 11.2. The Morgan fingerprint density at radius 1 is 1.54 bits per heavy atom. The van der Waals surface area contributed by atoms with Crippen LogP contribution in [0.2, 0.25) is 0 Å². The zero-order valence-electron chi connectivity index (χ0n) is 14.3. The third-order valence-electron chi connectivity index (χ3n) is 3.79. The van der Waals surface area contributed by atoms with Crippen molar-refractivity contribution in [3.63, 3.8) is 0 Å². The maximum atomic E-state index is 12.0. The largest absolute Gasteiger partial charge is 0.481 e. The molecule has 0 bridgehead atoms. The summed E-state index contributed by atoms with van der Waals surface area (Å²) in [4.78, 5) is 27.4. The van der Waals surface area contributed by atoms with Crippen molar-refractivity contribution in [3.8, 4) is 0 Å². The number of nitrogens with one attached hydrogen (secondary N) is 1. The van der Waals surface area contributed by atoms with E-state index in [-0.39, 0.29) is 17.9 Å². The topological polar surface area (TPSA) is 88.5 Å². The molecule has 0 radical (unpaired) electrons. The molecule has 0 aliphatic heterocycles. The van der Waals surface area contributed by atoms with E-state index in [4.69, 9.17) is 9.84 Å². The molecule has 6 heteroatoms. The number of aromatic nitrogens is 1.